The van der Waals surface area contributed by atoms with Crippen molar-refractivity contribution in [3.63, 3.8) is 0 Å². The number of amides is 1. The third kappa shape index (κ3) is 10.5. The average molecular weight is 482 g/mol. The van der Waals surface area contributed by atoms with Crippen molar-refractivity contribution in [2.24, 2.45) is 10.9 Å². The summed E-state index contributed by atoms with van der Waals surface area (Å²) in [5.41, 5.74) is 0.765. The third-order valence-corrected chi connectivity index (χ3v) is 3.90. The van der Waals surface area contributed by atoms with Gasteiger partial charge in [-0.15, -0.1) is 24.0 Å². The van der Waals surface area contributed by atoms with Crippen molar-refractivity contribution in [3.8, 4) is 0 Å². The zero-order chi connectivity index (χ0) is 18.2. The maximum atomic E-state index is 12.0. The molecule has 0 aliphatic heterocycles. The number of guanidine groups is 1. The molecule has 1 aromatic rings. The van der Waals surface area contributed by atoms with Crippen molar-refractivity contribution in [3.05, 3.63) is 22.4 Å². The van der Waals surface area contributed by atoms with E-state index >= 15 is 0 Å². The minimum absolute atomic E-state index is 0. The molecule has 144 valence electrons. The molecule has 1 amide bonds. The molecule has 6 nitrogen and oxygen atoms in total. The molecule has 0 aromatic carbocycles. The molecule has 0 bridgehead atoms. The standard InChI is InChI=1S/C17H30N4O2S.HI/c1-13(11-21(6)16(22)23-17(2,3)4)9-19-15(18-5)20-10-14-7-8-24-12-14;/h7-8,12-13H,9-11H2,1-6H3,(H2,18,19,20);1H. The molecular weight excluding hydrogens is 451 g/mol. The average Bonchev–Trinajstić information content (AvgIpc) is 2.98. The number of nitrogens with one attached hydrogen (secondary N) is 2. The molecular formula is C17H31IN4O2S. The van der Waals surface area contributed by atoms with E-state index in [-0.39, 0.29) is 36.0 Å². The van der Waals surface area contributed by atoms with E-state index in [1.165, 1.54) is 5.56 Å². The van der Waals surface area contributed by atoms with Crippen molar-refractivity contribution < 1.29 is 9.53 Å². The van der Waals surface area contributed by atoms with Crippen molar-refractivity contribution in [2.75, 3.05) is 27.2 Å². The molecule has 0 spiro atoms. The Hall–Kier alpha value is -1.03. The summed E-state index contributed by atoms with van der Waals surface area (Å²) in [6, 6.07) is 2.09. The number of aliphatic imine (C=N–C) groups is 1. The van der Waals surface area contributed by atoms with Crippen molar-refractivity contribution >= 4 is 47.4 Å². The predicted molar refractivity (Wildman–Crippen MR) is 116 cm³/mol. The molecule has 0 aliphatic carbocycles. The van der Waals surface area contributed by atoms with Crippen LogP contribution in [0.15, 0.2) is 21.8 Å². The van der Waals surface area contributed by atoms with Gasteiger partial charge in [-0.1, -0.05) is 6.92 Å². The van der Waals surface area contributed by atoms with Crippen LogP contribution in [0, 0.1) is 5.92 Å². The topological polar surface area (TPSA) is 66.0 Å². The third-order valence-electron chi connectivity index (χ3n) is 3.17. The van der Waals surface area contributed by atoms with Gasteiger partial charge in [-0.2, -0.15) is 11.3 Å². The molecule has 1 rings (SSSR count). The molecule has 1 heterocycles. The number of thiophene rings is 1. The smallest absolute Gasteiger partial charge is 0.410 e. The van der Waals surface area contributed by atoms with E-state index in [4.69, 9.17) is 4.74 Å². The van der Waals surface area contributed by atoms with E-state index in [1.54, 1.807) is 30.3 Å². The fourth-order valence-electron chi connectivity index (χ4n) is 2.02. The summed E-state index contributed by atoms with van der Waals surface area (Å²) in [4.78, 5) is 17.8. The summed E-state index contributed by atoms with van der Waals surface area (Å²) < 4.78 is 5.36. The van der Waals surface area contributed by atoms with Crippen LogP contribution in [0.5, 0.6) is 0 Å². The number of hydrogen-bond acceptors (Lipinski definition) is 4. The van der Waals surface area contributed by atoms with E-state index in [1.807, 2.05) is 20.8 Å². The number of nitrogens with zero attached hydrogens (tertiary/aromatic N) is 2. The Morgan fingerprint density at radius 1 is 1.40 bits per heavy atom. The van der Waals surface area contributed by atoms with E-state index in [0.29, 0.717) is 6.54 Å². The van der Waals surface area contributed by atoms with Gasteiger partial charge in [0.1, 0.15) is 5.60 Å². The molecule has 25 heavy (non-hydrogen) atoms. The van der Waals surface area contributed by atoms with Gasteiger partial charge in [-0.05, 0) is 49.1 Å². The zero-order valence-electron chi connectivity index (χ0n) is 16.0. The fraction of sp³-hybridized carbons (Fsp3) is 0.647. The second-order valence-electron chi connectivity index (χ2n) is 6.90. The van der Waals surface area contributed by atoms with Gasteiger partial charge in [-0.25, -0.2) is 4.79 Å². The number of hydrogen-bond donors (Lipinski definition) is 2. The van der Waals surface area contributed by atoms with Crippen LogP contribution in [-0.2, 0) is 11.3 Å². The first-order valence-corrected chi connectivity index (χ1v) is 9.05. The number of carbonyl (C=O) groups is 1. The number of rotatable bonds is 6. The Bertz CT molecular complexity index is 529. The molecule has 8 heteroatoms. The summed E-state index contributed by atoms with van der Waals surface area (Å²) >= 11 is 1.68. The second kappa shape index (κ2) is 11.6. The second-order valence-corrected chi connectivity index (χ2v) is 7.68. The Labute approximate surface area is 172 Å². The van der Waals surface area contributed by atoms with Crippen molar-refractivity contribution in [1.82, 2.24) is 15.5 Å². The van der Waals surface area contributed by atoms with Crippen LogP contribution in [0.2, 0.25) is 0 Å². The number of carbonyl (C=O) groups excluding carboxylic acids is 1. The molecule has 0 fully saturated rings. The molecule has 0 aliphatic rings. The highest BCUT2D eigenvalue weighted by Gasteiger charge is 2.20. The lowest BCUT2D eigenvalue weighted by Gasteiger charge is -2.26. The van der Waals surface area contributed by atoms with Crippen LogP contribution >= 0.6 is 35.3 Å². The highest BCUT2D eigenvalue weighted by Crippen LogP contribution is 2.10. The van der Waals surface area contributed by atoms with Gasteiger partial charge in [0.05, 0.1) is 0 Å². The quantitative estimate of drug-likeness (QED) is 0.370. The Balaban J connectivity index is 0.00000576. The lowest BCUT2D eigenvalue weighted by molar-refractivity contribution is 0.0278. The van der Waals surface area contributed by atoms with Gasteiger partial charge in [0.15, 0.2) is 5.96 Å². The summed E-state index contributed by atoms with van der Waals surface area (Å²) in [7, 11) is 3.51. The SMILES string of the molecule is CN=C(NCc1ccsc1)NCC(C)CN(C)C(=O)OC(C)(C)C.I. The minimum atomic E-state index is -0.472. The van der Waals surface area contributed by atoms with Crippen LogP contribution in [0.3, 0.4) is 0 Å². The van der Waals surface area contributed by atoms with Crippen LogP contribution in [0.1, 0.15) is 33.3 Å². The molecule has 0 saturated heterocycles. The molecule has 1 unspecified atom stereocenters. The molecule has 1 aromatic heterocycles. The first kappa shape index (κ1) is 24.0. The molecule has 1 atom stereocenters. The van der Waals surface area contributed by atoms with Crippen molar-refractivity contribution in [1.29, 1.82) is 0 Å². The minimum Gasteiger partial charge on any atom is -0.444 e. The fourth-order valence-corrected chi connectivity index (χ4v) is 2.69. The summed E-state index contributed by atoms with van der Waals surface area (Å²) in [6.45, 7) is 9.77. The van der Waals surface area contributed by atoms with Crippen LogP contribution in [-0.4, -0.2) is 49.7 Å². The lowest BCUT2D eigenvalue weighted by atomic mass is 10.1. The Kier molecular flexibility index (Phi) is 11.1. The monoisotopic (exact) mass is 482 g/mol. The predicted octanol–water partition coefficient (Wildman–Crippen LogP) is 3.53. The highest BCUT2D eigenvalue weighted by molar-refractivity contribution is 14.0. The van der Waals surface area contributed by atoms with Crippen molar-refractivity contribution in [2.45, 2.75) is 39.8 Å². The maximum absolute atomic E-state index is 12.0. The zero-order valence-corrected chi connectivity index (χ0v) is 19.1. The van der Waals surface area contributed by atoms with E-state index in [2.05, 4.69) is 39.4 Å². The van der Waals surface area contributed by atoms with Gasteiger partial charge < -0.3 is 20.3 Å². The Morgan fingerprint density at radius 3 is 2.60 bits per heavy atom. The number of ether oxygens (including phenoxy) is 1. The first-order valence-electron chi connectivity index (χ1n) is 8.11. The molecule has 0 saturated carbocycles. The molecule has 2 N–H and O–H groups in total. The summed E-state index contributed by atoms with van der Waals surface area (Å²) in [5, 5.41) is 10.7. The normalized spacial score (nSPS) is 12.8. The van der Waals surface area contributed by atoms with Crippen LogP contribution in [0.25, 0.3) is 0 Å². The van der Waals surface area contributed by atoms with Crippen LogP contribution < -0.4 is 10.6 Å². The van der Waals surface area contributed by atoms with Gasteiger partial charge in [0.25, 0.3) is 0 Å². The lowest BCUT2D eigenvalue weighted by Crippen LogP contribution is -2.42. The van der Waals surface area contributed by atoms with E-state index < -0.39 is 5.60 Å². The largest absolute Gasteiger partial charge is 0.444 e. The van der Waals surface area contributed by atoms with E-state index in [0.717, 1.165) is 19.0 Å². The Morgan fingerprint density at radius 2 is 2.08 bits per heavy atom. The van der Waals surface area contributed by atoms with Crippen LogP contribution in [0.4, 0.5) is 4.79 Å². The summed E-state index contributed by atoms with van der Waals surface area (Å²) in [6.07, 6.45) is -0.297. The van der Waals surface area contributed by atoms with Gasteiger partial charge >= 0.3 is 6.09 Å². The van der Waals surface area contributed by atoms with Gasteiger partial charge in [-0.3, -0.25) is 4.99 Å². The van der Waals surface area contributed by atoms with Gasteiger partial charge in [0, 0.05) is 33.7 Å². The highest BCUT2D eigenvalue weighted by atomic mass is 127. The molecule has 0 radical (unpaired) electrons. The number of halogens is 1. The first-order chi connectivity index (χ1) is 11.2. The summed E-state index contributed by atoms with van der Waals surface area (Å²) in [5.74, 6) is 1.02. The maximum Gasteiger partial charge on any atom is 0.410 e. The van der Waals surface area contributed by atoms with E-state index in [9.17, 15) is 4.79 Å². The van der Waals surface area contributed by atoms with Gasteiger partial charge in [0.2, 0.25) is 0 Å².